The van der Waals surface area contributed by atoms with Gasteiger partial charge in [0.1, 0.15) is 11.4 Å². The van der Waals surface area contributed by atoms with Crippen molar-refractivity contribution >= 4 is 38.3 Å². The monoisotopic (exact) mass is 378 g/mol. The van der Waals surface area contributed by atoms with Crippen molar-refractivity contribution in [1.82, 2.24) is 0 Å². The van der Waals surface area contributed by atoms with Crippen molar-refractivity contribution in [3.63, 3.8) is 0 Å². The molecule has 0 saturated heterocycles. The van der Waals surface area contributed by atoms with Crippen LogP contribution in [0.1, 0.15) is 68.6 Å². The van der Waals surface area contributed by atoms with Gasteiger partial charge in [-0.1, -0.05) is 45.0 Å². The molecule has 0 fully saturated rings. The third kappa shape index (κ3) is 6.80. The summed E-state index contributed by atoms with van der Waals surface area (Å²) >= 11 is 0. The van der Waals surface area contributed by atoms with E-state index in [1.54, 1.807) is 0 Å². The van der Waals surface area contributed by atoms with E-state index in [9.17, 15) is 4.79 Å². The Morgan fingerprint density at radius 3 is 1.78 bits per heavy atom. The molecule has 1 atom stereocenters. The van der Waals surface area contributed by atoms with Gasteiger partial charge in [0.25, 0.3) is 0 Å². The summed E-state index contributed by atoms with van der Waals surface area (Å²) in [6.45, 7) is 16.8. The zero-order valence-corrected chi connectivity index (χ0v) is 18.3. The third-order valence-electron chi connectivity index (χ3n) is 4.18. The maximum atomic E-state index is 12.8. The SMILES string of the molecule is Cc1cc(OC(C)(C)C)cc(C)c1PC(=O)c1ccc(C(C)(C)C)cc1.[LiH]. The van der Waals surface area contributed by atoms with Gasteiger partial charge in [0.05, 0.1) is 0 Å². The van der Waals surface area contributed by atoms with Gasteiger partial charge in [-0.25, -0.2) is 0 Å². The molecule has 0 N–H and O–H groups in total. The van der Waals surface area contributed by atoms with E-state index < -0.39 is 0 Å². The van der Waals surface area contributed by atoms with Crippen LogP contribution >= 0.6 is 8.58 Å². The third-order valence-corrected chi connectivity index (χ3v) is 5.74. The first-order valence-corrected chi connectivity index (χ1v) is 10.1. The molecule has 2 rings (SSSR count). The van der Waals surface area contributed by atoms with Gasteiger partial charge >= 0.3 is 18.9 Å². The van der Waals surface area contributed by atoms with Crippen LogP contribution in [0.2, 0.25) is 0 Å². The van der Waals surface area contributed by atoms with Gasteiger partial charge in [0.2, 0.25) is 0 Å². The number of rotatable bonds is 4. The molecular weight excluding hydrogens is 346 g/mol. The summed E-state index contributed by atoms with van der Waals surface area (Å²) in [5, 5.41) is 1.12. The molecule has 0 heterocycles. The number of aryl methyl sites for hydroxylation is 2. The summed E-state index contributed by atoms with van der Waals surface area (Å²) in [5.74, 6) is 0.864. The van der Waals surface area contributed by atoms with E-state index in [1.165, 1.54) is 5.56 Å². The molecule has 27 heavy (non-hydrogen) atoms. The molecule has 0 aromatic heterocycles. The number of ether oxygens (including phenoxy) is 1. The van der Waals surface area contributed by atoms with Gasteiger partial charge in [-0.3, -0.25) is 4.79 Å². The first kappa shape index (κ1) is 24.0. The predicted octanol–water partition coefficient (Wildman–Crippen LogP) is 5.27. The van der Waals surface area contributed by atoms with E-state index in [0.717, 1.165) is 27.7 Å². The van der Waals surface area contributed by atoms with Crippen LogP contribution in [0.25, 0.3) is 0 Å². The molecule has 0 bridgehead atoms. The first-order valence-electron chi connectivity index (χ1n) is 9.09. The number of hydrogen-bond donors (Lipinski definition) is 0. The van der Waals surface area contributed by atoms with Gasteiger partial charge in [-0.05, 0) is 82.7 Å². The van der Waals surface area contributed by atoms with Crippen molar-refractivity contribution in [3.8, 4) is 5.75 Å². The number of hydrogen-bond acceptors (Lipinski definition) is 2. The zero-order chi connectivity index (χ0) is 19.7. The quantitative estimate of drug-likeness (QED) is 0.535. The van der Waals surface area contributed by atoms with Crippen LogP contribution in [0.3, 0.4) is 0 Å². The van der Waals surface area contributed by atoms with Crippen LogP contribution in [0, 0.1) is 13.8 Å². The van der Waals surface area contributed by atoms with E-state index in [-0.39, 0.29) is 44.0 Å². The van der Waals surface area contributed by atoms with E-state index in [0.29, 0.717) is 0 Å². The fourth-order valence-electron chi connectivity index (χ4n) is 2.84. The van der Waals surface area contributed by atoms with Gasteiger partial charge in [-0.2, -0.15) is 0 Å². The Labute approximate surface area is 178 Å². The average molecular weight is 378 g/mol. The molecule has 4 heteroatoms. The van der Waals surface area contributed by atoms with E-state index in [1.807, 2.05) is 45.0 Å². The van der Waals surface area contributed by atoms with Crippen LogP contribution in [0.5, 0.6) is 5.75 Å². The fraction of sp³-hybridized carbons (Fsp3) is 0.435. The summed E-state index contributed by atoms with van der Waals surface area (Å²) in [7, 11) is 0.127. The molecule has 2 aromatic carbocycles. The summed E-state index contributed by atoms with van der Waals surface area (Å²) in [6, 6.07) is 12.1. The molecule has 142 valence electrons. The van der Waals surface area contributed by atoms with Gasteiger partial charge in [-0.15, -0.1) is 0 Å². The molecule has 0 spiro atoms. The minimum atomic E-state index is -0.229. The van der Waals surface area contributed by atoms with Gasteiger partial charge < -0.3 is 4.74 Å². The van der Waals surface area contributed by atoms with Gasteiger partial charge in [0.15, 0.2) is 5.52 Å². The van der Waals surface area contributed by atoms with Crippen molar-refractivity contribution in [3.05, 3.63) is 58.7 Å². The second kappa shape index (κ2) is 8.96. The maximum absolute atomic E-state index is 12.8. The average Bonchev–Trinajstić information content (AvgIpc) is 2.48. The second-order valence-electron chi connectivity index (χ2n) is 8.93. The molecule has 0 radical (unpaired) electrons. The minimum absolute atomic E-state index is 0. The first-order chi connectivity index (χ1) is 11.9. The van der Waals surface area contributed by atoms with Crippen molar-refractivity contribution in [2.24, 2.45) is 0 Å². The summed E-state index contributed by atoms with van der Waals surface area (Å²) in [4.78, 5) is 12.8. The molecule has 0 saturated carbocycles. The van der Waals surface area contributed by atoms with Crippen LogP contribution in [0.4, 0.5) is 0 Å². The standard InChI is InChI=1S/C23H31O2P.Li.H/c1-15-13-19(25-23(6,7)8)14-16(2)20(15)26-21(24)17-9-11-18(12-10-17)22(3,4)5;;/h9-14,26H,1-8H3;;. The summed E-state index contributed by atoms with van der Waals surface area (Å²) in [6.07, 6.45) is 0. The molecular formula is C23H32LiO2P. The summed E-state index contributed by atoms with van der Waals surface area (Å²) < 4.78 is 5.97. The van der Waals surface area contributed by atoms with Crippen molar-refractivity contribution in [2.75, 3.05) is 0 Å². The van der Waals surface area contributed by atoms with Crippen LogP contribution in [-0.4, -0.2) is 30.0 Å². The number of carbonyl (C=O) groups excluding carboxylic acids is 1. The summed E-state index contributed by atoms with van der Waals surface area (Å²) in [5.41, 5.74) is 4.30. The Balaban J connectivity index is 0.00000364. The Morgan fingerprint density at radius 1 is 0.889 bits per heavy atom. The van der Waals surface area contributed by atoms with E-state index in [2.05, 4.69) is 46.8 Å². The molecule has 0 aliphatic heterocycles. The normalized spacial score (nSPS) is 12.1. The molecule has 0 aliphatic rings. The topological polar surface area (TPSA) is 26.3 Å². The number of benzene rings is 2. The fourth-order valence-corrected chi connectivity index (χ4v) is 3.92. The Morgan fingerprint density at radius 2 is 1.37 bits per heavy atom. The predicted molar refractivity (Wildman–Crippen MR) is 121 cm³/mol. The molecule has 0 aliphatic carbocycles. The Kier molecular flexibility index (Phi) is 7.96. The number of carbonyl (C=O) groups is 1. The molecule has 2 aromatic rings. The van der Waals surface area contributed by atoms with E-state index >= 15 is 0 Å². The van der Waals surface area contributed by atoms with Crippen LogP contribution in [0.15, 0.2) is 36.4 Å². The van der Waals surface area contributed by atoms with Crippen LogP contribution in [-0.2, 0) is 5.41 Å². The van der Waals surface area contributed by atoms with Crippen molar-refractivity contribution in [1.29, 1.82) is 0 Å². The molecule has 1 unspecified atom stereocenters. The van der Waals surface area contributed by atoms with E-state index in [4.69, 9.17) is 4.74 Å². The molecule has 0 amide bonds. The zero-order valence-electron chi connectivity index (χ0n) is 17.3. The van der Waals surface area contributed by atoms with Crippen molar-refractivity contribution in [2.45, 2.75) is 66.4 Å². The van der Waals surface area contributed by atoms with Gasteiger partial charge in [0, 0.05) is 5.56 Å². The second-order valence-corrected chi connectivity index (χ2v) is 10.1. The van der Waals surface area contributed by atoms with Crippen LogP contribution < -0.4 is 10.0 Å². The van der Waals surface area contributed by atoms with Crippen molar-refractivity contribution < 1.29 is 9.53 Å². The Hall–Kier alpha value is -1.06. The molecule has 2 nitrogen and oxygen atoms in total. The Bertz CT molecular complexity index is 774.